The lowest BCUT2D eigenvalue weighted by atomic mass is 9.99. The first-order chi connectivity index (χ1) is 9.58. The number of aliphatic hydroxyl groups is 2. The van der Waals surface area contributed by atoms with E-state index in [4.69, 9.17) is 19.7 Å². The molecule has 2 N–H and O–H groups in total. The van der Waals surface area contributed by atoms with E-state index < -0.39 is 25.3 Å². The highest BCUT2D eigenvalue weighted by Crippen LogP contribution is 2.15. The number of ether oxygens (including phenoxy) is 2. The maximum absolute atomic E-state index is 11.8. The van der Waals surface area contributed by atoms with Crippen LogP contribution in [0.5, 0.6) is 0 Å². The highest BCUT2D eigenvalue weighted by molar-refractivity contribution is 5.73. The van der Waals surface area contributed by atoms with Crippen LogP contribution in [0.25, 0.3) is 0 Å². The highest BCUT2D eigenvalue weighted by atomic mass is 16.6. The summed E-state index contributed by atoms with van der Waals surface area (Å²) in [6.45, 7) is 3.12. The van der Waals surface area contributed by atoms with Crippen LogP contribution in [0.3, 0.4) is 0 Å². The molecule has 0 atom stereocenters. The van der Waals surface area contributed by atoms with Gasteiger partial charge in [-0.1, -0.05) is 26.7 Å². The predicted octanol–water partition coefficient (Wildman–Crippen LogP) is 1.03. The van der Waals surface area contributed by atoms with Gasteiger partial charge in [0.25, 0.3) is 0 Å². The fourth-order valence-corrected chi connectivity index (χ4v) is 1.81. The average Bonchev–Trinajstić information content (AvgIpc) is 2.44. The van der Waals surface area contributed by atoms with E-state index in [0.717, 1.165) is 25.7 Å². The maximum atomic E-state index is 11.8. The molecule has 0 aromatic heterocycles. The molecule has 0 bridgehead atoms. The molecule has 0 aliphatic carbocycles. The van der Waals surface area contributed by atoms with Crippen molar-refractivity contribution >= 4 is 11.9 Å². The lowest BCUT2D eigenvalue weighted by Crippen LogP contribution is -2.26. The summed E-state index contributed by atoms with van der Waals surface area (Å²) in [5.41, 5.74) is 0. The van der Waals surface area contributed by atoms with Crippen molar-refractivity contribution in [1.29, 1.82) is 0 Å². The molecule has 0 heterocycles. The van der Waals surface area contributed by atoms with E-state index in [2.05, 4.69) is 0 Å². The van der Waals surface area contributed by atoms with E-state index in [1.54, 1.807) is 0 Å². The van der Waals surface area contributed by atoms with Gasteiger partial charge in [-0.25, -0.2) is 0 Å². The van der Waals surface area contributed by atoms with Crippen LogP contribution in [0.2, 0.25) is 0 Å². The summed E-state index contributed by atoms with van der Waals surface area (Å²) in [7, 11) is 0. The number of aliphatic hydroxyl groups excluding tert-OH is 2. The summed E-state index contributed by atoms with van der Waals surface area (Å²) in [6.07, 6.45) is 2.41. The van der Waals surface area contributed by atoms with Crippen molar-refractivity contribution in [2.45, 2.75) is 52.1 Å². The second-order valence-electron chi connectivity index (χ2n) is 4.67. The normalized spacial score (nSPS) is 10.9. The molecule has 20 heavy (non-hydrogen) atoms. The molecule has 0 aliphatic heterocycles. The first-order valence-electron chi connectivity index (χ1n) is 7.16. The molecule has 6 heteroatoms. The largest absolute Gasteiger partial charge is 0.465 e. The Morgan fingerprint density at radius 2 is 1.60 bits per heavy atom. The molecule has 0 saturated heterocycles. The van der Waals surface area contributed by atoms with Crippen LogP contribution in [-0.2, 0) is 19.1 Å². The quantitative estimate of drug-likeness (QED) is 0.552. The Bertz CT molecular complexity index is 269. The number of carbonyl (C=O) groups is 2. The van der Waals surface area contributed by atoms with Crippen molar-refractivity contribution in [1.82, 2.24) is 0 Å². The Balaban J connectivity index is 3.96. The summed E-state index contributed by atoms with van der Waals surface area (Å²) in [6, 6.07) is 0. The minimum absolute atomic E-state index is 0.0365. The van der Waals surface area contributed by atoms with Crippen LogP contribution in [0.1, 0.15) is 46.0 Å². The van der Waals surface area contributed by atoms with E-state index in [-0.39, 0.29) is 24.9 Å². The SMILES string of the molecule is CCCC(CCC)C(=O)OCCC(=O)OC(CO)CO. The van der Waals surface area contributed by atoms with Crippen molar-refractivity contribution in [3.05, 3.63) is 0 Å². The molecule has 0 fully saturated rings. The molecule has 6 nitrogen and oxygen atoms in total. The van der Waals surface area contributed by atoms with Gasteiger partial charge in [0.1, 0.15) is 12.7 Å². The summed E-state index contributed by atoms with van der Waals surface area (Å²) in [4.78, 5) is 23.1. The smallest absolute Gasteiger partial charge is 0.309 e. The Morgan fingerprint density at radius 3 is 2.05 bits per heavy atom. The Labute approximate surface area is 120 Å². The standard InChI is InChI=1S/C14H26O6/c1-3-5-11(6-4-2)14(18)19-8-7-13(17)20-12(9-15)10-16/h11-12,15-16H,3-10H2,1-2H3. The molecule has 0 rings (SSSR count). The Hall–Kier alpha value is -1.14. The van der Waals surface area contributed by atoms with E-state index in [1.807, 2.05) is 13.8 Å². The molecule has 0 spiro atoms. The second-order valence-corrected chi connectivity index (χ2v) is 4.67. The van der Waals surface area contributed by atoms with Crippen molar-refractivity contribution in [3.8, 4) is 0 Å². The van der Waals surface area contributed by atoms with E-state index in [0.29, 0.717) is 0 Å². The third-order valence-electron chi connectivity index (χ3n) is 2.86. The third kappa shape index (κ3) is 8.12. The maximum Gasteiger partial charge on any atom is 0.309 e. The van der Waals surface area contributed by atoms with Gasteiger partial charge in [-0.2, -0.15) is 0 Å². The number of carbonyl (C=O) groups excluding carboxylic acids is 2. The van der Waals surface area contributed by atoms with Crippen molar-refractivity contribution < 1.29 is 29.3 Å². The van der Waals surface area contributed by atoms with Crippen molar-refractivity contribution in [3.63, 3.8) is 0 Å². The monoisotopic (exact) mass is 290 g/mol. The molecule has 0 aliphatic rings. The van der Waals surface area contributed by atoms with Gasteiger partial charge in [0, 0.05) is 0 Å². The fourth-order valence-electron chi connectivity index (χ4n) is 1.81. The molecule has 0 aromatic rings. The lowest BCUT2D eigenvalue weighted by Gasteiger charge is -2.15. The van der Waals surface area contributed by atoms with Gasteiger partial charge in [0.2, 0.25) is 0 Å². The molecular weight excluding hydrogens is 264 g/mol. The molecule has 0 unspecified atom stereocenters. The second kappa shape index (κ2) is 11.7. The number of esters is 2. The van der Waals surface area contributed by atoms with E-state index >= 15 is 0 Å². The Kier molecular flexibility index (Phi) is 11.0. The summed E-state index contributed by atoms with van der Waals surface area (Å²) in [5, 5.41) is 17.5. The zero-order valence-electron chi connectivity index (χ0n) is 12.3. The Morgan fingerprint density at radius 1 is 1.05 bits per heavy atom. The number of hydrogen-bond acceptors (Lipinski definition) is 6. The average molecular weight is 290 g/mol. The third-order valence-corrected chi connectivity index (χ3v) is 2.86. The van der Waals surface area contributed by atoms with E-state index in [9.17, 15) is 9.59 Å². The minimum atomic E-state index is -0.911. The first-order valence-corrected chi connectivity index (χ1v) is 7.16. The van der Waals surface area contributed by atoms with Gasteiger partial charge >= 0.3 is 11.9 Å². The topological polar surface area (TPSA) is 93.1 Å². The molecule has 118 valence electrons. The van der Waals surface area contributed by atoms with E-state index in [1.165, 1.54) is 0 Å². The molecule has 0 radical (unpaired) electrons. The van der Waals surface area contributed by atoms with Crippen LogP contribution in [0.15, 0.2) is 0 Å². The summed E-state index contributed by atoms with van der Waals surface area (Å²) in [5.74, 6) is -0.987. The van der Waals surface area contributed by atoms with Crippen LogP contribution in [0, 0.1) is 5.92 Å². The number of hydrogen-bond donors (Lipinski definition) is 2. The molecular formula is C14H26O6. The summed E-state index contributed by atoms with van der Waals surface area (Å²) >= 11 is 0. The van der Waals surface area contributed by atoms with Crippen LogP contribution in [0.4, 0.5) is 0 Å². The van der Waals surface area contributed by atoms with Gasteiger partial charge in [-0.05, 0) is 12.8 Å². The molecule has 0 saturated carbocycles. The van der Waals surface area contributed by atoms with Crippen LogP contribution >= 0.6 is 0 Å². The van der Waals surface area contributed by atoms with Crippen molar-refractivity contribution in [2.75, 3.05) is 19.8 Å². The van der Waals surface area contributed by atoms with Crippen molar-refractivity contribution in [2.24, 2.45) is 5.92 Å². The highest BCUT2D eigenvalue weighted by Gasteiger charge is 2.19. The number of rotatable bonds is 11. The van der Waals surface area contributed by atoms with Crippen LogP contribution in [-0.4, -0.2) is 48.1 Å². The minimum Gasteiger partial charge on any atom is -0.465 e. The zero-order chi connectivity index (χ0) is 15.4. The lowest BCUT2D eigenvalue weighted by molar-refractivity contribution is -0.157. The van der Waals surface area contributed by atoms with Gasteiger partial charge in [-0.3, -0.25) is 9.59 Å². The van der Waals surface area contributed by atoms with Gasteiger partial charge < -0.3 is 19.7 Å². The predicted molar refractivity (Wildman–Crippen MR) is 72.9 cm³/mol. The summed E-state index contributed by atoms with van der Waals surface area (Å²) < 4.78 is 9.82. The zero-order valence-corrected chi connectivity index (χ0v) is 12.3. The van der Waals surface area contributed by atoms with Gasteiger partial charge in [0.15, 0.2) is 0 Å². The molecule has 0 amide bonds. The van der Waals surface area contributed by atoms with Crippen LogP contribution < -0.4 is 0 Å². The van der Waals surface area contributed by atoms with Gasteiger partial charge in [0.05, 0.1) is 25.6 Å². The fraction of sp³-hybridized carbons (Fsp3) is 0.857. The first kappa shape index (κ1) is 18.9. The molecule has 0 aromatic carbocycles. The van der Waals surface area contributed by atoms with Gasteiger partial charge in [-0.15, -0.1) is 0 Å².